The number of carbonyl (C=O) groups is 2. The van der Waals surface area contributed by atoms with E-state index in [1.165, 1.54) is 0 Å². The molecule has 0 fully saturated rings. The lowest BCUT2D eigenvalue weighted by molar-refractivity contribution is -0.147. The van der Waals surface area contributed by atoms with Gasteiger partial charge in [0.25, 0.3) is 5.91 Å². The van der Waals surface area contributed by atoms with Crippen molar-refractivity contribution in [1.82, 2.24) is 5.16 Å². The highest BCUT2D eigenvalue weighted by atomic mass is 16.5. The molecule has 0 spiro atoms. The van der Waals surface area contributed by atoms with Crippen molar-refractivity contribution in [1.29, 1.82) is 0 Å². The molecule has 0 bridgehead atoms. The van der Waals surface area contributed by atoms with Crippen LogP contribution in [0.1, 0.15) is 24.6 Å². The van der Waals surface area contributed by atoms with E-state index in [1.54, 1.807) is 11.0 Å². The van der Waals surface area contributed by atoms with Gasteiger partial charge in [-0.1, -0.05) is 35.5 Å². The first kappa shape index (κ1) is 17.3. The Morgan fingerprint density at radius 1 is 1.19 bits per heavy atom. The van der Waals surface area contributed by atoms with Crippen LogP contribution in [0.4, 0.5) is 5.69 Å². The summed E-state index contributed by atoms with van der Waals surface area (Å²) in [4.78, 5) is 26.6. The van der Waals surface area contributed by atoms with Crippen molar-refractivity contribution in [2.75, 3.05) is 11.5 Å². The molecule has 27 heavy (non-hydrogen) atoms. The summed E-state index contributed by atoms with van der Waals surface area (Å²) < 4.78 is 10.4. The first-order valence-corrected chi connectivity index (χ1v) is 9.02. The number of amides is 1. The summed E-state index contributed by atoms with van der Waals surface area (Å²) in [5.41, 5.74) is 3.18. The first-order valence-electron chi connectivity index (χ1n) is 9.02. The smallest absolute Gasteiger partial charge is 0.312 e. The maximum atomic E-state index is 12.7. The Balaban J connectivity index is 1.41. The number of aromatic nitrogens is 1. The number of para-hydroxylation sites is 2. The standard InChI is InChI=1S/C21H20N2O4/c1-14-10-11-15-6-2-4-8-18(15)23(14)20(24)13-26-21(25)12-17-16-7-3-5-9-19(16)27-22-17/h2-9,14H,10-13H2,1H3/t14-/m1/s1. The van der Waals surface area contributed by atoms with E-state index in [2.05, 4.69) is 5.16 Å². The average Bonchev–Trinajstić information content (AvgIpc) is 3.09. The molecular weight excluding hydrogens is 344 g/mol. The van der Waals surface area contributed by atoms with Gasteiger partial charge in [0.15, 0.2) is 12.2 Å². The number of hydrogen-bond donors (Lipinski definition) is 0. The number of anilines is 1. The maximum absolute atomic E-state index is 12.7. The second-order valence-electron chi connectivity index (χ2n) is 6.74. The SMILES string of the molecule is C[C@@H]1CCc2ccccc2N1C(=O)COC(=O)Cc1noc2ccccc12. The Bertz CT molecular complexity index is 995. The van der Waals surface area contributed by atoms with Crippen LogP contribution >= 0.6 is 0 Å². The van der Waals surface area contributed by atoms with Crippen molar-refractivity contribution in [3.8, 4) is 0 Å². The molecule has 0 N–H and O–H groups in total. The van der Waals surface area contributed by atoms with E-state index in [0.29, 0.717) is 11.3 Å². The third kappa shape index (κ3) is 3.43. The van der Waals surface area contributed by atoms with Crippen molar-refractivity contribution < 1.29 is 18.8 Å². The fraction of sp³-hybridized carbons (Fsp3) is 0.286. The highest BCUT2D eigenvalue weighted by molar-refractivity contribution is 5.97. The van der Waals surface area contributed by atoms with E-state index in [0.717, 1.165) is 29.5 Å². The number of aryl methyl sites for hydroxylation is 1. The molecular formula is C21H20N2O4. The largest absolute Gasteiger partial charge is 0.455 e. The van der Waals surface area contributed by atoms with Crippen LogP contribution in [0.15, 0.2) is 53.1 Å². The highest BCUT2D eigenvalue weighted by Gasteiger charge is 2.28. The molecule has 2 aromatic carbocycles. The molecule has 0 unspecified atom stereocenters. The zero-order valence-corrected chi connectivity index (χ0v) is 15.1. The number of ether oxygens (including phenoxy) is 1. The fourth-order valence-corrected chi connectivity index (χ4v) is 3.53. The van der Waals surface area contributed by atoms with Gasteiger partial charge in [0.2, 0.25) is 0 Å². The highest BCUT2D eigenvalue weighted by Crippen LogP contribution is 2.30. The van der Waals surface area contributed by atoms with Crippen LogP contribution < -0.4 is 4.90 Å². The molecule has 6 nitrogen and oxygen atoms in total. The molecule has 1 aliphatic rings. The molecule has 6 heteroatoms. The van der Waals surface area contributed by atoms with Gasteiger partial charge in [0.05, 0.1) is 6.42 Å². The first-order chi connectivity index (χ1) is 13.1. The summed E-state index contributed by atoms with van der Waals surface area (Å²) in [5.74, 6) is -0.714. The minimum Gasteiger partial charge on any atom is -0.455 e. The van der Waals surface area contributed by atoms with Gasteiger partial charge >= 0.3 is 5.97 Å². The minimum atomic E-state index is -0.500. The Morgan fingerprint density at radius 3 is 2.85 bits per heavy atom. The molecule has 1 atom stereocenters. The van der Waals surface area contributed by atoms with E-state index in [1.807, 2.05) is 49.4 Å². The summed E-state index contributed by atoms with van der Waals surface area (Å²) in [6, 6.07) is 15.3. The lowest BCUT2D eigenvalue weighted by Gasteiger charge is -2.35. The Kier molecular flexibility index (Phi) is 4.62. The lowest BCUT2D eigenvalue weighted by atomic mass is 9.96. The van der Waals surface area contributed by atoms with Gasteiger partial charge in [0.1, 0.15) is 5.69 Å². The molecule has 0 aliphatic carbocycles. The predicted molar refractivity (Wildman–Crippen MR) is 100 cm³/mol. The molecule has 0 radical (unpaired) electrons. The molecule has 1 aromatic heterocycles. The molecule has 0 saturated heterocycles. The van der Waals surface area contributed by atoms with E-state index in [9.17, 15) is 9.59 Å². The summed E-state index contributed by atoms with van der Waals surface area (Å²) in [5, 5.41) is 4.70. The third-order valence-corrected chi connectivity index (χ3v) is 4.91. The molecule has 2 heterocycles. The third-order valence-electron chi connectivity index (χ3n) is 4.91. The molecule has 1 amide bonds. The van der Waals surface area contributed by atoms with Gasteiger partial charge in [-0.2, -0.15) is 0 Å². The van der Waals surface area contributed by atoms with Gasteiger partial charge in [-0.25, -0.2) is 0 Å². The van der Waals surface area contributed by atoms with Crippen LogP contribution in [0.2, 0.25) is 0 Å². The monoisotopic (exact) mass is 364 g/mol. The van der Waals surface area contributed by atoms with Crippen LogP contribution in [-0.2, 0) is 27.2 Å². The summed E-state index contributed by atoms with van der Waals surface area (Å²) >= 11 is 0. The Labute approximate surface area is 156 Å². The fourth-order valence-electron chi connectivity index (χ4n) is 3.53. The van der Waals surface area contributed by atoms with Crippen LogP contribution in [0.5, 0.6) is 0 Å². The number of benzene rings is 2. The van der Waals surface area contributed by atoms with Crippen LogP contribution in [-0.4, -0.2) is 29.7 Å². The van der Waals surface area contributed by atoms with Gasteiger partial charge in [0, 0.05) is 17.1 Å². The number of fused-ring (bicyclic) bond motifs is 2. The minimum absolute atomic E-state index is 0.0313. The number of hydrogen-bond acceptors (Lipinski definition) is 5. The predicted octanol–water partition coefficient (Wildman–Crippen LogP) is 3.28. The summed E-state index contributed by atoms with van der Waals surface area (Å²) in [7, 11) is 0. The second-order valence-corrected chi connectivity index (χ2v) is 6.74. The van der Waals surface area contributed by atoms with E-state index in [-0.39, 0.29) is 25.0 Å². The van der Waals surface area contributed by atoms with Crippen LogP contribution in [0.3, 0.4) is 0 Å². The van der Waals surface area contributed by atoms with Crippen molar-refractivity contribution in [2.24, 2.45) is 0 Å². The van der Waals surface area contributed by atoms with Crippen molar-refractivity contribution in [2.45, 2.75) is 32.2 Å². The lowest BCUT2D eigenvalue weighted by Crippen LogP contribution is -2.44. The van der Waals surface area contributed by atoms with Crippen molar-refractivity contribution in [3.63, 3.8) is 0 Å². The maximum Gasteiger partial charge on any atom is 0.312 e. The zero-order valence-electron chi connectivity index (χ0n) is 15.1. The Hall–Kier alpha value is -3.15. The van der Waals surface area contributed by atoms with Crippen molar-refractivity contribution >= 4 is 28.5 Å². The number of nitrogens with zero attached hydrogens (tertiary/aromatic N) is 2. The normalized spacial score (nSPS) is 16.2. The van der Waals surface area contributed by atoms with Gasteiger partial charge < -0.3 is 14.2 Å². The van der Waals surface area contributed by atoms with E-state index >= 15 is 0 Å². The summed E-state index contributed by atoms with van der Waals surface area (Å²) in [6.07, 6.45) is 1.80. The van der Waals surface area contributed by atoms with E-state index in [4.69, 9.17) is 9.26 Å². The van der Waals surface area contributed by atoms with Crippen LogP contribution in [0, 0.1) is 0 Å². The van der Waals surface area contributed by atoms with Crippen molar-refractivity contribution in [3.05, 3.63) is 59.8 Å². The topological polar surface area (TPSA) is 72.6 Å². The molecule has 3 aromatic rings. The Morgan fingerprint density at radius 2 is 1.96 bits per heavy atom. The average molecular weight is 364 g/mol. The zero-order chi connectivity index (χ0) is 18.8. The molecule has 1 aliphatic heterocycles. The molecule has 0 saturated carbocycles. The van der Waals surface area contributed by atoms with Crippen LogP contribution in [0.25, 0.3) is 11.0 Å². The van der Waals surface area contributed by atoms with Gasteiger partial charge in [-0.3, -0.25) is 9.59 Å². The number of rotatable bonds is 4. The van der Waals surface area contributed by atoms with E-state index < -0.39 is 5.97 Å². The second kappa shape index (κ2) is 7.23. The molecule has 138 valence electrons. The summed E-state index contributed by atoms with van der Waals surface area (Å²) in [6.45, 7) is 1.73. The van der Waals surface area contributed by atoms with Gasteiger partial charge in [-0.05, 0) is 43.5 Å². The molecule has 4 rings (SSSR count). The quantitative estimate of drug-likeness (QED) is 0.664. The number of esters is 1. The van der Waals surface area contributed by atoms with Gasteiger partial charge in [-0.15, -0.1) is 0 Å². The number of carbonyl (C=O) groups excluding carboxylic acids is 2.